The van der Waals surface area contributed by atoms with E-state index in [9.17, 15) is 18.0 Å². The normalized spacial score (nSPS) is 12.1. The summed E-state index contributed by atoms with van der Waals surface area (Å²) in [4.78, 5) is 13.6. The lowest BCUT2D eigenvalue weighted by Gasteiger charge is -2.28. The average molecular weight is 372 g/mol. The van der Waals surface area contributed by atoms with E-state index in [2.05, 4.69) is 15.5 Å². The fraction of sp³-hybridized carbons (Fsp3) is 0.438. The number of aryl methyl sites for hydroxylation is 1. The molecule has 1 heterocycles. The van der Waals surface area contributed by atoms with Gasteiger partial charge in [0.05, 0.1) is 12.0 Å². The topological polar surface area (TPSA) is 58.1 Å². The van der Waals surface area contributed by atoms with Crippen molar-refractivity contribution in [3.8, 4) is 0 Å². The molecule has 0 atom stereocenters. The molecule has 136 valence electrons. The quantitative estimate of drug-likeness (QED) is 0.868. The van der Waals surface area contributed by atoms with Crippen molar-refractivity contribution in [3.63, 3.8) is 0 Å². The molecule has 25 heavy (non-hydrogen) atoms. The third-order valence-corrected chi connectivity index (χ3v) is 4.68. The number of carbonyl (C=O) groups excluding carboxylic acids is 1. The molecule has 2 amide bonds. The molecule has 0 radical (unpaired) electrons. The van der Waals surface area contributed by atoms with Crippen molar-refractivity contribution in [1.82, 2.24) is 15.1 Å². The summed E-state index contributed by atoms with van der Waals surface area (Å²) in [6.07, 6.45) is -4.35. The highest BCUT2D eigenvalue weighted by Crippen LogP contribution is 2.40. The molecule has 0 bridgehead atoms. The predicted molar refractivity (Wildman–Crippen MR) is 90.7 cm³/mol. The summed E-state index contributed by atoms with van der Waals surface area (Å²) < 4.78 is 39.2. The molecule has 1 aromatic carbocycles. The number of amides is 2. The number of benzene rings is 1. The smallest absolute Gasteiger partial charge is 0.321 e. The number of hydrogen-bond donors (Lipinski definition) is 1. The van der Waals surface area contributed by atoms with Gasteiger partial charge in [0.25, 0.3) is 0 Å². The largest absolute Gasteiger partial charge is 0.397 e. The molecular weight excluding hydrogens is 353 g/mol. The van der Waals surface area contributed by atoms with Crippen LogP contribution in [-0.4, -0.2) is 34.4 Å². The Morgan fingerprint density at radius 3 is 2.28 bits per heavy atom. The second-order valence-electron chi connectivity index (χ2n) is 6.20. The number of alkyl halides is 3. The molecule has 0 fully saturated rings. The van der Waals surface area contributed by atoms with Crippen LogP contribution in [0.4, 0.5) is 23.7 Å². The van der Waals surface area contributed by atoms with Crippen molar-refractivity contribution in [2.24, 2.45) is 0 Å². The lowest BCUT2D eigenvalue weighted by Crippen LogP contribution is -2.36. The molecule has 1 aromatic heterocycles. The Hall–Kier alpha value is -2.16. The SMILES string of the molecule is Cc1nnc(CN(C)C(=O)Nc2ccc(C(C)(C)C(F)(F)F)cc2)s1. The minimum Gasteiger partial charge on any atom is -0.321 e. The fourth-order valence-electron chi connectivity index (χ4n) is 2.03. The highest BCUT2D eigenvalue weighted by molar-refractivity contribution is 7.11. The molecule has 0 unspecified atom stereocenters. The van der Waals surface area contributed by atoms with Crippen molar-refractivity contribution < 1.29 is 18.0 Å². The summed E-state index contributed by atoms with van der Waals surface area (Å²) in [5, 5.41) is 12.0. The minimum absolute atomic E-state index is 0.135. The van der Waals surface area contributed by atoms with Crippen LogP contribution in [0, 0.1) is 6.92 Å². The van der Waals surface area contributed by atoms with Gasteiger partial charge in [0, 0.05) is 12.7 Å². The first kappa shape index (κ1) is 19.2. The molecule has 5 nitrogen and oxygen atoms in total. The van der Waals surface area contributed by atoms with E-state index in [4.69, 9.17) is 0 Å². The molecule has 0 aliphatic heterocycles. The number of nitrogens with one attached hydrogen (secondary N) is 1. The second-order valence-corrected chi connectivity index (χ2v) is 7.47. The number of carbonyl (C=O) groups is 1. The van der Waals surface area contributed by atoms with E-state index >= 15 is 0 Å². The van der Waals surface area contributed by atoms with Crippen LogP contribution >= 0.6 is 11.3 Å². The number of hydrogen-bond acceptors (Lipinski definition) is 4. The van der Waals surface area contributed by atoms with Gasteiger partial charge in [0.1, 0.15) is 10.0 Å². The van der Waals surface area contributed by atoms with Crippen LogP contribution in [0.2, 0.25) is 0 Å². The van der Waals surface area contributed by atoms with Gasteiger partial charge >= 0.3 is 12.2 Å². The summed E-state index contributed by atoms with van der Waals surface area (Å²) >= 11 is 1.40. The summed E-state index contributed by atoms with van der Waals surface area (Å²) in [5.41, 5.74) is -1.40. The summed E-state index contributed by atoms with van der Waals surface area (Å²) in [6, 6.07) is 5.29. The third-order valence-electron chi connectivity index (χ3n) is 3.85. The Bertz CT molecular complexity index is 741. The van der Waals surface area contributed by atoms with Crippen LogP contribution < -0.4 is 5.32 Å². The van der Waals surface area contributed by atoms with Gasteiger partial charge in [-0.15, -0.1) is 10.2 Å². The van der Waals surface area contributed by atoms with Gasteiger partial charge in [-0.1, -0.05) is 23.5 Å². The van der Waals surface area contributed by atoms with E-state index < -0.39 is 11.6 Å². The molecule has 2 aromatic rings. The van der Waals surface area contributed by atoms with Crippen molar-refractivity contribution in [2.45, 2.75) is 38.9 Å². The Labute approximate surface area is 147 Å². The number of rotatable bonds is 4. The highest BCUT2D eigenvalue weighted by atomic mass is 32.1. The van der Waals surface area contributed by atoms with Crippen molar-refractivity contribution in [2.75, 3.05) is 12.4 Å². The zero-order chi connectivity index (χ0) is 18.8. The maximum Gasteiger partial charge on any atom is 0.397 e. The highest BCUT2D eigenvalue weighted by Gasteiger charge is 2.48. The number of aromatic nitrogens is 2. The van der Waals surface area contributed by atoms with Gasteiger partial charge in [-0.3, -0.25) is 0 Å². The standard InChI is InChI=1S/C16H19F3N4OS/c1-10-21-22-13(25-10)9-23(4)14(24)20-12-7-5-11(6-8-12)15(2,3)16(17,18)19/h5-8H,9H2,1-4H3,(H,20,24). The molecule has 0 saturated carbocycles. The summed E-state index contributed by atoms with van der Waals surface area (Å²) in [5.74, 6) is 0. The Morgan fingerprint density at radius 2 is 1.80 bits per heavy atom. The van der Waals surface area contributed by atoms with Crippen molar-refractivity contribution >= 4 is 23.1 Å². The molecule has 0 aliphatic carbocycles. The number of halogens is 3. The van der Waals surface area contributed by atoms with E-state index in [1.165, 1.54) is 40.5 Å². The Balaban J connectivity index is 2.02. The van der Waals surface area contributed by atoms with Gasteiger partial charge in [-0.05, 0) is 38.5 Å². The Kier molecular flexibility index (Phi) is 5.36. The zero-order valence-electron chi connectivity index (χ0n) is 14.3. The first-order valence-electron chi connectivity index (χ1n) is 7.49. The summed E-state index contributed by atoms with van der Waals surface area (Å²) in [6.45, 7) is 4.37. The molecule has 9 heteroatoms. The first-order valence-corrected chi connectivity index (χ1v) is 8.30. The lowest BCUT2D eigenvalue weighted by molar-refractivity contribution is -0.180. The number of anilines is 1. The molecule has 0 aliphatic rings. The fourth-order valence-corrected chi connectivity index (χ4v) is 2.79. The van der Waals surface area contributed by atoms with Gasteiger partial charge in [-0.2, -0.15) is 13.2 Å². The second kappa shape index (κ2) is 6.99. The van der Waals surface area contributed by atoms with Crippen LogP contribution in [0.3, 0.4) is 0 Å². The zero-order valence-corrected chi connectivity index (χ0v) is 15.1. The first-order chi connectivity index (χ1) is 11.5. The van der Waals surface area contributed by atoms with Gasteiger partial charge in [0.2, 0.25) is 0 Å². The monoisotopic (exact) mass is 372 g/mol. The van der Waals surface area contributed by atoms with E-state index in [1.807, 2.05) is 6.92 Å². The van der Waals surface area contributed by atoms with Crippen molar-refractivity contribution in [3.05, 3.63) is 39.8 Å². The van der Waals surface area contributed by atoms with E-state index in [1.54, 1.807) is 7.05 Å². The van der Waals surface area contributed by atoms with Gasteiger partial charge < -0.3 is 10.2 Å². The van der Waals surface area contributed by atoms with Gasteiger partial charge in [0.15, 0.2) is 0 Å². The van der Waals surface area contributed by atoms with E-state index in [0.717, 1.165) is 18.9 Å². The van der Waals surface area contributed by atoms with Crippen LogP contribution in [0.15, 0.2) is 24.3 Å². The van der Waals surface area contributed by atoms with Crippen LogP contribution in [0.1, 0.15) is 29.4 Å². The summed E-state index contributed by atoms with van der Waals surface area (Å²) in [7, 11) is 1.60. The Morgan fingerprint density at radius 1 is 1.20 bits per heavy atom. The van der Waals surface area contributed by atoms with Gasteiger partial charge in [-0.25, -0.2) is 4.79 Å². The number of urea groups is 1. The molecule has 0 saturated heterocycles. The predicted octanol–water partition coefficient (Wildman–Crippen LogP) is 4.35. The lowest BCUT2D eigenvalue weighted by atomic mass is 9.84. The third kappa shape index (κ3) is 4.47. The maximum absolute atomic E-state index is 13.1. The van der Waals surface area contributed by atoms with E-state index in [-0.39, 0.29) is 11.6 Å². The van der Waals surface area contributed by atoms with Crippen LogP contribution in [-0.2, 0) is 12.0 Å². The molecule has 2 rings (SSSR count). The van der Waals surface area contributed by atoms with Crippen LogP contribution in [0.25, 0.3) is 0 Å². The van der Waals surface area contributed by atoms with E-state index in [0.29, 0.717) is 17.2 Å². The molecule has 0 spiro atoms. The number of nitrogens with zero attached hydrogens (tertiary/aromatic N) is 3. The minimum atomic E-state index is -4.35. The maximum atomic E-state index is 13.1. The average Bonchev–Trinajstić information content (AvgIpc) is 2.91. The van der Waals surface area contributed by atoms with Crippen molar-refractivity contribution in [1.29, 1.82) is 0 Å². The van der Waals surface area contributed by atoms with Crippen LogP contribution in [0.5, 0.6) is 0 Å². The molecular formula is C16H19F3N4OS. The molecule has 1 N–H and O–H groups in total.